The molecule has 2 heterocycles. The molecular weight excluding hydrogens is 564 g/mol. The molecule has 2 aliphatic heterocycles. The number of fused-ring (bicyclic) bond motifs is 2. The van der Waals surface area contributed by atoms with Crippen molar-refractivity contribution >= 4 is 11.8 Å². The largest absolute Gasteiger partial charge is 0.507 e. The van der Waals surface area contributed by atoms with Crippen molar-refractivity contribution in [1.82, 2.24) is 0 Å². The molecule has 0 saturated carbocycles. The van der Waals surface area contributed by atoms with Gasteiger partial charge in [0.25, 0.3) is 0 Å². The van der Waals surface area contributed by atoms with Gasteiger partial charge in [-0.2, -0.15) is 0 Å². The summed E-state index contributed by atoms with van der Waals surface area (Å²) in [6.07, 6.45) is -16.6. The average Bonchev–Trinajstić information content (AvgIpc) is 2.96. The van der Waals surface area contributed by atoms with Crippen LogP contribution in [0.1, 0.15) is 43.3 Å². The molecule has 0 amide bonds. The Balaban J connectivity index is 1.66. The van der Waals surface area contributed by atoms with Gasteiger partial charge in [0.1, 0.15) is 60.3 Å². The van der Waals surface area contributed by atoms with Gasteiger partial charge in [0, 0.05) is 5.92 Å². The number of hydrogen-bond acceptors (Lipinski definition) is 14. The highest BCUT2D eigenvalue weighted by atomic mass is 16.7. The maximum Gasteiger partial charge on any atom is 0.335 e. The lowest BCUT2D eigenvalue weighted by Crippen LogP contribution is -2.60. The van der Waals surface area contributed by atoms with Gasteiger partial charge in [-0.1, -0.05) is 12.1 Å². The van der Waals surface area contributed by atoms with E-state index in [2.05, 4.69) is 0 Å². The van der Waals surface area contributed by atoms with E-state index in [1.807, 2.05) is 0 Å². The van der Waals surface area contributed by atoms with E-state index in [0.29, 0.717) is 0 Å². The Bertz CT molecular complexity index is 1360. The lowest BCUT2D eigenvalue weighted by molar-refractivity contribution is -0.277. The second-order valence-corrected chi connectivity index (χ2v) is 10.4. The van der Waals surface area contributed by atoms with Crippen LogP contribution in [-0.2, 0) is 9.47 Å². The molecule has 2 saturated heterocycles. The fourth-order valence-corrected chi connectivity index (χ4v) is 5.76. The number of aliphatic hydroxyl groups excluding tert-OH is 8. The van der Waals surface area contributed by atoms with Gasteiger partial charge in [0.15, 0.2) is 0 Å². The van der Waals surface area contributed by atoms with E-state index in [1.165, 1.54) is 18.2 Å². The third kappa shape index (κ3) is 4.83. The van der Waals surface area contributed by atoms with Crippen LogP contribution in [0.2, 0.25) is 0 Å². The molecule has 0 bridgehead atoms. The summed E-state index contributed by atoms with van der Waals surface area (Å²) >= 11 is 0. The fraction of sp³-hybridized carbons (Fsp3) is 0.481. The van der Waals surface area contributed by atoms with Gasteiger partial charge in [-0.25, -0.2) is 4.79 Å². The number of carbonyl (C=O) groups is 2. The number of phenolic OH excluding ortho intramolecular Hbond substituents is 1. The van der Waals surface area contributed by atoms with Crippen LogP contribution in [0.4, 0.5) is 0 Å². The SMILES string of the molecule is O=C(O)c1cc(O)c2c(c1)C([C@@H]1O[C@H](CO)[C@@H](O)[C@H](O)[C@H]1O)c1cccc(O[C@@H]3O[C@H](CO)[C@@H](O)[C@H](O)[C@H]3O)c1C2=O. The number of carboxylic acid groups (broad SMARTS) is 1. The van der Waals surface area contributed by atoms with E-state index in [4.69, 9.17) is 14.2 Å². The van der Waals surface area contributed by atoms with Gasteiger partial charge in [-0.05, 0) is 29.3 Å². The molecule has 0 radical (unpaired) electrons. The molecule has 228 valence electrons. The number of aromatic carboxylic acids is 1. The van der Waals surface area contributed by atoms with Gasteiger partial charge in [0.2, 0.25) is 12.1 Å². The number of phenols is 1. The minimum Gasteiger partial charge on any atom is -0.507 e. The molecule has 15 heteroatoms. The number of carboxylic acids is 1. The predicted molar refractivity (Wildman–Crippen MR) is 135 cm³/mol. The Labute approximate surface area is 237 Å². The number of rotatable bonds is 6. The highest BCUT2D eigenvalue weighted by Gasteiger charge is 2.51. The molecule has 15 nitrogen and oxygen atoms in total. The Morgan fingerprint density at radius 3 is 2.02 bits per heavy atom. The van der Waals surface area contributed by atoms with Crippen molar-refractivity contribution in [2.24, 2.45) is 0 Å². The Morgan fingerprint density at radius 2 is 1.40 bits per heavy atom. The second-order valence-electron chi connectivity index (χ2n) is 10.4. The minimum absolute atomic E-state index is 0.0564. The zero-order valence-electron chi connectivity index (χ0n) is 21.7. The fourth-order valence-electron chi connectivity index (χ4n) is 5.76. The first kappa shape index (κ1) is 30.2. The van der Waals surface area contributed by atoms with E-state index in [1.54, 1.807) is 0 Å². The van der Waals surface area contributed by atoms with Crippen LogP contribution < -0.4 is 4.74 Å². The monoisotopic (exact) mass is 594 g/mol. The van der Waals surface area contributed by atoms with Gasteiger partial charge < -0.3 is 65.3 Å². The maximum atomic E-state index is 13.9. The molecule has 11 atom stereocenters. The molecule has 5 rings (SSSR count). The summed E-state index contributed by atoms with van der Waals surface area (Å²) < 4.78 is 16.9. The second kappa shape index (κ2) is 11.5. The number of ketones is 1. The topological polar surface area (TPSA) is 264 Å². The third-order valence-corrected chi connectivity index (χ3v) is 7.93. The molecule has 10 N–H and O–H groups in total. The molecule has 1 unspecified atom stereocenters. The van der Waals surface area contributed by atoms with E-state index < -0.39 is 103 Å². The van der Waals surface area contributed by atoms with Gasteiger partial charge in [-0.3, -0.25) is 4.79 Å². The van der Waals surface area contributed by atoms with Gasteiger partial charge in [-0.15, -0.1) is 0 Å². The van der Waals surface area contributed by atoms with Crippen molar-refractivity contribution in [3.63, 3.8) is 0 Å². The van der Waals surface area contributed by atoms with Crippen molar-refractivity contribution in [2.75, 3.05) is 13.2 Å². The molecule has 42 heavy (non-hydrogen) atoms. The summed E-state index contributed by atoms with van der Waals surface area (Å²) in [4.78, 5) is 25.7. The van der Waals surface area contributed by atoms with Crippen LogP contribution in [0, 0.1) is 0 Å². The standard InChI is InChI=1S/C27H30O15/c28-6-13-18(31)21(34)23(36)25(40-13)15-9-2-1-3-12(41-27-24(37)22(35)19(32)14(7-29)42-27)17(9)20(33)16-10(15)4-8(26(38)39)5-11(16)30/h1-5,13-15,18-19,21-25,27-32,34-37H,6-7H2,(H,38,39)/t13-,14-,15?,18-,19-,21+,22+,23-,24-,25+,27-/m1/s1. The Hall–Kier alpha value is -3.22. The van der Waals surface area contributed by atoms with Crippen LogP contribution >= 0.6 is 0 Å². The van der Waals surface area contributed by atoms with Crippen LogP contribution in [-0.4, -0.2) is 137 Å². The van der Waals surface area contributed by atoms with E-state index in [9.17, 15) is 60.7 Å². The summed E-state index contributed by atoms with van der Waals surface area (Å²) in [7, 11) is 0. The average molecular weight is 595 g/mol. The highest BCUT2D eigenvalue weighted by molar-refractivity contribution is 6.16. The van der Waals surface area contributed by atoms with Crippen LogP contribution in [0.15, 0.2) is 30.3 Å². The summed E-state index contributed by atoms with van der Waals surface area (Å²) in [5.41, 5.74) is -1.09. The van der Waals surface area contributed by atoms with Crippen molar-refractivity contribution in [2.45, 2.75) is 67.1 Å². The first-order chi connectivity index (χ1) is 19.9. The summed E-state index contributed by atoms with van der Waals surface area (Å²) in [5, 5.41) is 102. The summed E-state index contributed by atoms with van der Waals surface area (Å²) in [5.74, 6) is -4.60. The zero-order chi connectivity index (χ0) is 30.6. The zero-order valence-corrected chi connectivity index (χ0v) is 21.7. The lowest BCUT2D eigenvalue weighted by atomic mass is 9.71. The predicted octanol–water partition coefficient (Wildman–Crippen LogP) is -3.21. The third-order valence-electron chi connectivity index (χ3n) is 7.93. The Morgan fingerprint density at radius 1 is 0.786 bits per heavy atom. The molecule has 1 aliphatic carbocycles. The number of carbonyl (C=O) groups excluding carboxylic acids is 1. The van der Waals surface area contributed by atoms with E-state index >= 15 is 0 Å². The molecule has 2 aromatic carbocycles. The quantitative estimate of drug-likeness (QED) is 0.158. The number of aromatic hydroxyl groups is 1. The van der Waals surface area contributed by atoms with Crippen molar-refractivity contribution in [3.8, 4) is 11.5 Å². The summed E-state index contributed by atoms with van der Waals surface area (Å²) in [6.45, 7) is -1.52. The number of hydrogen-bond donors (Lipinski definition) is 10. The smallest absolute Gasteiger partial charge is 0.335 e. The normalized spacial score (nSPS) is 36.2. The van der Waals surface area contributed by atoms with E-state index in [-0.39, 0.29) is 28.0 Å². The highest BCUT2D eigenvalue weighted by Crippen LogP contribution is 2.48. The van der Waals surface area contributed by atoms with Gasteiger partial charge in [0.05, 0.1) is 36.0 Å². The maximum absolute atomic E-state index is 13.9. The van der Waals surface area contributed by atoms with Crippen LogP contribution in [0.3, 0.4) is 0 Å². The van der Waals surface area contributed by atoms with Crippen molar-refractivity contribution < 1.29 is 74.9 Å². The first-order valence-corrected chi connectivity index (χ1v) is 13.0. The van der Waals surface area contributed by atoms with E-state index in [0.717, 1.165) is 12.1 Å². The summed E-state index contributed by atoms with van der Waals surface area (Å²) in [6, 6.07) is 6.03. The van der Waals surface area contributed by atoms with Crippen molar-refractivity contribution in [3.05, 3.63) is 58.1 Å². The minimum atomic E-state index is -1.84. The number of aliphatic hydroxyl groups is 8. The Kier molecular flexibility index (Phi) is 8.25. The van der Waals surface area contributed by atoms with Crippen molar-refractivity contribution in [1.29, 1.82) is 0 Å². The first-order valence-electron chi connectivity index (χ1n) is 13.0. The number of benzene rings is 2. The number of ether oxygens (including phenoxy) is 3. The lowest BCUT2D eigenvalue weighted by Gasteiger charge is -2.45. The van der Waals surface area contributed by atoms with Gasteiger partial charge >= 0.3 is 5.97 Å². The molecular formula is C27H30O15. The molecule has 3 aliphatic rings. The van der Waals surface area contributed by atoms with Crippen LogP contribution in [0.5, 0.6) is 11.5 Å². The molecule has 2 aromatic rings. The molecule has 0 spiro atoms. The molecule has 0 aromatic heterocycles. The van der Waals surface area contributed by atoms with Crippen LogP contribution in [0.25, 0.3) is 0 Å². The molecule has 2 fully saturated rings.